The van der Waals surface area contributed by atoms with E-state index in [4.69, 9.17) is 0 Å². The Balaban J connectivity index is 1.49. The lowest BCUT2D eigenvalue weighted by Crippen LogP contribution is -2.42. The van der Waals surface area contributed by atoms with Crippen LogP contribution in [0.25, 0.3) is 0 Å². The van der Waals surface area contributed by atoms with Crippen molar-refractivity contribution in [2.75, 3.05) is 24.6 Å². The Bertz CT molecular complexity index is 831. The van der Waals surface area contributed by atoms with Crippen LogP contribution in [-0.4, -0.2) is 58.7 Å². The number of sulfonamides is 1. The zero-order valence-electron chi connectivity index (χ0n) is 15.3. The summed E-state index contributed by atoms with van der Waals surface area (Å²) in [6.45, 7) is 0.368. The molecule has 1 saturated carbocycles. The zero-order valence-corrected chi connectivity index (χ0v) is 16.9. The molecule has 1 heterocycles. The van der Waals surface area contributed by atoms with Gasteiger partial charge >= 0.3 is 0 Å². The van der Waals surface area contributed by atoms with Gasteiger partial charge in [-0.1, -0.05) is 31.4 Å². The van der Waals surface area contributed by atoms with Crippen molar-refractivity contribution in [3.63, 3.8) is 0 Å². The molecule has 2 fully saturated rings. The molecule has 3 N–H and O–H groups in total. The van der Waals surface area contributed by atoms with Gasteiger partial charge in [0, 0.05) is 19.1 Å². The van der Waals surface area contributed by atoms with Crippen molar-refractivity contribution in [2.45, 2.75) is 55.1 Å². The van der Waals surface area contributed by atoms with Crippen molar-refractivity contribution in [1.29, 1.82) is 0 Å². The van der Waals surface area contributed by atoms with E-state index < -0.39 is 32.0 Å². The second-order valence-electron chi connectivity index (χ2n) is 7.51. The summed E-state index contributed by atoms with van der Waals surface area (Å²) < 4.78 is 50.2. The lowest BCUT2D eigenvalue weighted by Gasteiger charge is -2.22. The number of hydrogen-bond acceptors (Lipinski definition) is 6. The lowest BCUT2D eigenvalue weighted by atomic mass is 9.84. The number of hydrogen-bond donors (Lipinski definition) is 3. The first-order chi connectivity index (χ1) is 12.8. The smallest absolute Gasteiger partial charge is 0.240 e. The minimum absolute atomic E-state index is 0.121. The van der Waals surface area contributed by atoms with Gasteiger partial charge in [-0.3, -0.25) is 0 Å². The van der Waals surface area contributed by atoms with Gasteiger partial charge < -0.3 is 10.4 Å². The summed E-state index contributed by atoms with van der Waals surface area (Å²) in [4.78, 5) is 0.227. The van der Waals surface area contributed by atoms with Gasteiger partial charge in [-0.2, -0.15) is 0 Å². The van der Waals surface area contributed by atoms with Crippen LogP contribution >= 0.6 is 0 Å². The number of rotatable bonds is 7. The summed E-state index contributed by atoms with van der Waals surface area (Å²) in [6, 6.07) is 6.56. The van der Waals surface area contributed by atoms with Crippen molar-refractivity contribution in [2.24, 2.45) is 0 Å². The van der Waals surface area contributed by atoms with E-state index in [1.165, 1.54) is 37.7 Å². The summed E-state index contributed by atoms with van der Waals surface area (Å²) in [5.41, 5.74) is 1.20. The molecule has 9 heteroatoms. The largest absolute Gasteiger partial charge is 0.390 e. The fourth-order valence-corrected chi connectivity index (χ4v) is 6.71. The molecular weight excluding hydrogens is 388 g/mol. The van der Waals surface area contributed by atoms with E-state index in [1.54, 1.807) is 12.1 Å². The number of sulfone groups is 1. The van der Waals surface area contributed by atoms with Gasteiger partial charge in [-0.05, 0) is 36.5 Å². The van der Waals surface area contributed by atoms with Crippen molar-refractivity contribution in [3.05, 3.63) is 29.8 Å². The Morgan fingerprint density at radius 3 is 2.26 bits per heavy atom. The Morgan fingerprint density at radius 1 is 1.00 bits per heavy atom. The minimum atomic E-state index is -3.61. The van der Waals surface area contributed by atoms with Gasteiger partial charge in [0.25, 0.3) is 0 Å². The Labute approximate surface area is 161 Å². The molecule has 0 radical (unpaired) electrons. The molecule has 0 bridgehead atoms. The van der Waals surface area contributed by atoms with Gasteiger partial charge in [0.15, 0.2) is 9.84 Å². The standard InChI is InChI=1S/C18H28N2O5S2/c21-18-13-26(22,23)12-17(18)19-10-11-20-27(24,25)16-8-6-15(7-9-16)14-4-2-1-3-5-14/h6-9,14,17-21H,1-5,10-13H2/t17-,18+/m0/s1. The first-order valence-corrected chi connectivity index (χ1v) is 12.8. The third kappa shape index (κ3) is 5.51. The SMILES string of the molecule is O=S1(=O)C[C@@H](O)[C@@H](NCCNS(=O)(=O)c2ccc(C3CCCCC3)cc2)C1. The number of nitrogens with one attached hydrogen (secondary N) is 2. The molecule has 1 aromatic carbocycles. The molecule has 1 aromatic rings. The molecule has 1 aliphatic heterocycles. The van der Waals surface area contributed by atoms with Crippen LogP contribution in [0.3, 0.4) is 0 Å². The van der Waals surface area contributed by atoms with Crippen LogP contribution in [0, 0.1) is 0 Å². The highest BCUT2D eigenvalue weighted by molar-refractivity contribution is 7.91. The Kier molecular flexibility index (Phi) is 6.58. The summed E-state index contributed by atoms with van der Waals surface area (Å²) in [5.74, 6) is 0.162. The predicted octanol–water partition coefficient (Wildman–Crippen LogP) is 0.760. The van der Waals surface area contributed by atoms with Crippen LogP contribution in [-0.2, 0) is 19.9 Å². The van der Waals surface area contributed by atoms with Gasteiger partial charge in [-0.15, -0.1) is 0 Å². The second-order valence-corrected chi connectivity index (χ2v) is 11.4. The number of benzene rings is 1. The van der Waals surface area contributed by atoms with Crippen LogP contribution in [0.5, 0.6) is 0 Å². The Hall–Kier alpha value is -1.00. The third-order valence-electron chi connectivity index (χ3n) is 5.41. The molecule has 27 heavy (non-hydrogen) atoms. The molecule has 1 aliphatic carbocycles. The lowest BCUT2D eigenvalue weighted by molar-refractivity contribution is 0.166. The molecule has 0 amide bonds. The summed E-state index contributed by atoms with van der Waals surface area (Å²) in [7, 11) is -6.83. The maximum absolute atomic E-state index is 12.4. The minimum Gasteiger partial charge on any atom is -0.390 e. The number of aliphatic hydroxyl groups is 1. The van der Waals surface area contributed by atoms with E-state index in [9.17, 15) is 21.9 Å². The van der Waals surface area contributed by atoms with Gasteiger partial charge in [0.2, 0.25) is 10.0 Å². The molecular formula is C18H28N2O5S2. The maximum Gasteiger partial charge on any atom is 0.240 e. The van der Waals surface area contributed by atoms with Gasteiger partial charge in [0.1, 0.15) is 0 Å². The molecule has 2 atom stereocenters. The zero-order chi connectivity index (χ0) is 19.5. The summed E-state index contributed by atoms with van der Waals surface area (Å²) >= 11 is 0. The molecule has 152 valence electrons. The van der Waals surface area contributed by atoms with E-state index in [-0.39, 0.29) is 29.5 Å². The quantitative estimate of drug-likeness (QED) is 0.566. The highest BCUT2D eigenvalue weighted by atomic mass is 32.2. The average molecular weight is 417 g/mol. The van der Waals surface area contributed by atoms with Crippen molar-refractivity contribution >= 4 is 19.9 Å². The topological polar surface area (TPSA) is 113 Å². The third-order valence-corrected chi connectivity index (χ3v) is 8.61. The van der Waals surface area contributed by atoms with Crippen LogP contribution in [0.15, 0.2) is 29.2 Å². The monoisotopic (exact) mass is 416 g/mol. The molecule has 1 saturated heterocycles. The fourth-order valence-electron chi connectivity index (χ4n) is 3.91. The van der Waals surface area contributed by atoms with Crippen LogP contribution in [0.4, 0.5) is 0 Å². The van der Waals surface area contributed by atoms with Gasteiger partial charge in [0.05, 0.1) is 22.5 Å². The molecule has 3 rings (SSSR count). The first kappa shape index (κ1) is 20.7. The fraction of sp³-hybridized carbons (Fsp3) is 0.667. The first-order valence-electron chi connectivity index (χ1n) is 9.48. The highest BCUT2D eigenvalue weighted by Gasteiger charge is 2.35. The molecule has 0 unspecified atom stereocenters. The predicted molar refractivity (Wildman–Crippen MR) is 104 cm³/mol. The Morgan fingerprint density at radius 2 is 1.67 bits per heavy atom. The normalized spacial score (nSPS) is 26.3. The highest BCUT2D eigenvalue weighted by Crippen LogP contribution is 2.32. The van der Waals surface area contributed by atoms with E-state index in [2.05, 4.69) is 10.0 Å². The van der Waals surface area contributed by atoms with Gasteiger partial charge in [-0.25, -0.2) is 21.6 Å². The van der Waals surface area contributed by atoms with Crippen LogP contribution in [0.1, 0.15) is 43.6 Å². The summed E-state index contributed by atoms with van der Waals surface area (Å²) in [6.07, 6.45) is 5.13. The van der Waals surface area contributed by atoms with E-state index in [0.29, 0.717) is 5.92 Å². The maximum atomic E-state index is 12.4. The second kappa shape index (κ2) is 8.57. The summed E-state index contributed by atoms with van der Waals surface area (Å²) in [5, 5.41) is 12.6. The molecule has 0 spiro atoms. The average Bonchev–Trinajstić information content (AvgIpc) is 2.91. The van der Waals surface area contributed by atoms with E-state index >= 15 is 0 Å². The van der Waals surface area contributed by atoms with Crippen LogP contribution in [0.2, 0.25) is 0 Å². The van der Waals surface area contributed by atoms with Crippen molar-refractivity contribution in [3.8, 4) is 0 Å². The van der Waals surface area contributed by atoms with Crippen LogP contribution < -0.4 is 10.0 Å². The number of aliphatic hydroxyl groups excluding tert-OH is 1. The van der Waals surface area contributed by atoms with E-state index in [1.807, 2.05) is 12.1 Å². The molecule has 7 nitrogen and oxygen atoms in total. The molecule has 2 aliphatic rings. The van der Waals surface area contributed by atoms with E-state index in [0.717, 1.165) is 0 Å². The van der Waals surface area contributed by atoms with Crippen molar-refractivity contribution < 1.29 is 21.9 Å². The molecule has 0 aromatic heterocycles. The van der Waals surface area contributed by atoms with Crippen molar-refractivity contribution in [1.82, 2.24) is 10.0 Å².